The van der Waals surface area contributed by atoms with Crippen LogP contribution in [0.4, 0.5) is 0 Å². The van der Waals surface area contributed by atoms with Gasteiger partial charge in [-0.2, -0.15) is 0 Å². The van der Waals surface area contributed by atoms with Gasteiger partial charge in [-0.3, -0.25) is 9.69 Å². The summed E-state index contributed by atoms with van der Waals surface area (Å²) < 4.78 is 4.51. The molecule has 1 unspecified atom stereocenters. The molecule has 2 atom stereocenters. The Kier molecular flexibility index (Phi) is 4.22. The minimum Gasteiger partial charge on any atom is -0.467 e. The highest BCUT2D eigenvalue weighted by molar-refractivity contribution is 6.03. The van der Waals surface area contributed by atoms with Crippen LogP contribution in [0.3, 0.4) is 0 Å². The number of hydrogen-bond donors (Lipinski definition) is 1. The first-order valence-corrected chi connectivity index (χ1v) is 5.54. The average molecular weight is 242 g/mol. The molecule has 0 saturated carbocycles. The van der Waals surface area contributed by atoms with Gasteiger partial charge in [0.2, 0.25) is 5.91 Å². The van der Waals surface area contributed by atoms with Gasteiger partial charge in [0.15, 0.2) is 5.54 Å². The third-order valence-electron chi connectivity index (χ3n) is 3.22. The number of esters is 1. The predicted octanol–water partition coefficient (Wildman–Crippen LogP) is -0.673. The zero-order chi connectivity index (χ0) is 13.1. The molecule has 1 saturated heterocycles. The van der Waals surface area contributed by atoms with Crippen molar-refractivity contribution in [3.05, 3.63) is 0 Å². The normalized spacial score (nSPS) is 26.3. The van der Waals surface area contributed by atoms with Crippen molar-refractivity contribution in [1.82, 2.24) is 10.2 Å². The molecule has 17 heavy (non-hydrogen) atoms. The second kappa shape index (κ2) is 5.27. The molecular weight excluding hydrogens is 224 g/mol. The number of carbonyl (C=O) groups is 3. The number of amides is 1. The number of aldehydes is 1. The van der Waals surface area contributed by atoms with Crippen LogP contribution in [0.25, 0.3) is 0 Å². The Labute approximate surface area is 100 Å². The lowest BCUT2D eigenvalue weighted by atomic mass is 9.97. The molecule has 0 aromatic carbocycles. The number of methoxy groups -OCH3 is 1. The van der Waals surface area contributed by atoms with E-state index in [1.807, 2.05) is 0 Å². The SMILES string of the molecule is COC(=O)[C@H](C)NC(=O)C1(C=O)CCCN1C. The quantitative estimate of drug-likeness (QED) is 0.402. The van der Waals surface area contributed by atoms with Crippen molar-refractivity contribution >= 4 is 18.2 Å². The molecule has 6 nitrogen and oxygen atoms in total. The van der Waals surface area contributed by atoms with E-state index in [1.54, 1.807) is 11.9 Å². The van der Waals surface area contributed by atoms with E-state index >= 15 is 0 Å². The highest BCUT2D eigenvalue weighted by Gasteiger charge is 2.46. The molecule has 96 valence electrons. The van der Waals surface area contributed by atoms with E-state index in [0.717, 1.165) is 6.42 Å². The Morgan fingerprint density at radius 2 is 2.18 bits per heavy atom. The minimum absolute atomic E-state index is 0.439. The van der Waals surface area contributed by atoms with Crippen molar-refractivity contribution < 1.29 is 19.1 Å². The third-order valence-corrected chi connectivity index (χ3v) is 3.22. The summed E-state index contributed by atoms with van der Waals surface area (Å²) in [5, 5.41) is 2.51. The van der Waals surface area contributed by atoms with E-state index in [1.165, 1.54) is 14.0 Å². The van der Waals surface area contributed by atoms with Gasteiger partial charge in [0.1, 0.15) is 12.3 Å². The topological polar surface area (TPSA) is 75.7 Å². The standard InChI is InChI=1S/C11H18N2O4/c1-8(9(15)17-3)12-10(16)11(7-14)5-4-6-13(11)2/h7-8H,4-6H2,1-3H3,(H,12,16)/t8-,11?/m0/s1. The molecule has 1 rings (SSSR count). The molecule has 0 spiro atoms. The first-order chi connectivity index (χ1) is 7.97. The number of nitrogens with zero attached hydrogens (tertiary/aromatic N) is 1. The smallest absolute Gasteiger partial charge is 0.328 e. The lowest BCUT2D eigenvalue weighted by Crippen LogP contribution is -2.58. The molecule has 1 fully saturated rings. The summed E-state index contributed by atoms with van der Waals surface area (Å²) in [5.74, 6) is -0.967. The maximum atomic E-state index is 12.0. The number of nitrogens with one attached hydrogen (secondary N) is 1. The second-order valence-electron chi connectivity index (χ2n) is 4.29. The maximum Gasteiger partial charge on any atom is 0.328 e. The molecule has 1 aliphatic heterocycles. The third kappa shape index (κ3) is 2.46. The van der Waals surface area contributed by atoms with Gasteiger partial charge in [-0.25, -0.2) is 4.79 Å². The summed E-state index contributed by atoms with van der Waals surface area (Å²) in [4.78, 5) is 36.1. The average Bonchev–Trinajstić information content (AvgIpc) is 2.70. The first kappa shape index (κ1) is 13.6. The summed E-state index contributed by atoms with van der Waals surface area (Å²) in [5.41, 5.74) is -1.14. The number of hydrogen-bond acceptors (Lipinski definition) is 5. The van der Waals surface area contributed by atoms with Crippen molar-refractivity contribution in [3.63, 3.8) is 0 Å². The molecule has 0 aromatic heterocycles. The van der Waals surface area contributed by atoms with Crippen LogP contribution in [0.15, 0.2) is 0 Å². The Morgan fingerprint density at radius 3 is 2.59 bits per heavy atom. The van der Waals surface area contributed by atoms with Gasteiger partial charge < -0.3 is 14.8 Å². The molecule has 1 aliphatic rings. The van der Waals surface area contributed by atoms with Crippen molar-refractivity contribution in [2.45, 2.75) is 31.3 Å². The van der Waals surface area contributed by atoms with Crippen molar-refractivity contribution in [1.29, 1.82) is 0 Å². The number of likely N-dealkylation sites (tertiary alicyclic amines) is 1. The molecule has 0 radical (unpaired) electrons. The summed E-state index contributed by atoms with van der Waals surface area (Å²) >= 11 is 0. The lowest BCUT2D eigenvalue weighted by Gasteiger charge is -2.29. The number of rotatable bonds is 4. The van der Waals surface area contributed by atoms with Gasteiger partial charge in [0, 0.05) is 0 Å². The molecule has 0 aliphatic carbocycles. The van der Waals surface area contributed by atoms with Crippen LogP contribution in [0.5, 0.6) is 0 Å². The monoisotopic (exact) mass is 242 g/mol. The largest absolute Gasteiger partial charge is 0.467 e. The van der Waals surface area contributed by atoms with Crippen molar-refractivity contribution in [2.24, 2.45) is 0 Å². The Bertz CT molecular complexity index is 331. The van der Waals surface area contributed by atoms with E-state index in [-0.39, 0.29) is 0 Å². The van der Waals surface area contributed by atoms with E-state index in [4.69, 9.17) is 0 Å². The van der Waals surface area contributed by atoms with Gasteiger partial charge in [-0.05, 0) is 33.4 Å². The predicted molar refractivity (Wildman–Crippen MR) is 60.3 cm³/mol. The van der Waals surface area contributed by atoms with Gasteiger partial charge >= 0.3 is 5.97 Å². The van der Waals surface area contributed by atoms with Gasteiger partial charge in [0.25, 0.3) is 0 Å². The fraction of sp³-hybridized carbons (Fsp3) is 0.727. The van der Waals surface area contributed by atoms with Crippen LogP contribution in [0.2, 0.25) is 0 Å². The molecule has 0 aromatic rings. The molecule has 0 bridgehead atoms. The summed E-state index contributed by atoms with van der Waals surface area (Å²) in [6.45, 7) is 2.22. The number of likely N-dealkylation sites (N-methyl/N-ethyl adjacent to an activating group) is 1. The fourth-order valence-corrected chi connectivity index (χ4v) is 2.02. The molecule has 6 heteroatoms. The molecule has 1 heterocycles. The van der Waals surface area contributed by atoms with Crippen LogP contribution < -0.4 is 5.32 Å². The summed E-state index contributed by atoms with van der Waals surface area (Å²) in [6, 6.07) is -0.752. The number of ether oxygens (including phenoxy) is 1. The van der Waals surface area contributed by atoms with Crippen LogP contribution in [0, 0.1) is 0 Å². The highest BCUT2D eigenvalue weighted by Crippen LogP contribution is 2.26. The van der Waals surface area contributed by atoms with Crippen LogP contribution in [-0.2, 0) is 19.1 Å². The Hall–Kier alpha value is -1.43. The Morgan fingerprint density at radius 1 is 1.53 bits per heavy atom. The fourth-order valence-electron chi connectivity index (χ4n) is 2.02. The zero-order valence-corrected chi connectivity index (χ0v) is 10.4. The van der Waals surface area contributed by atoms with E-state index in [0.29, 0.717) is 19.3 Å². The minimum atomic E-state index is -1.14. The van der Waals surface area contributed by atoms with E-state index in [9.17, 15) is 14.4 Å². The van der Waals surface area contributed by atoms with Gasteiger partial charge in [0.05, 0.1) is 7.11 Å². The second-order valence-corrected chi connectivity index (χ2v) is 4.29. The summed E-state index contributed by atoms with van der Waals surface area (Å²) in [7, 11) is 2.98. The Balaban J connectivity index is 2.74. The lowest BCUT2D eigenvalue weighted by molar-refractivity contribution is -0.147. The zero-order valence-electron chi connectivity index (χ0n) is 10.4. The number of carbonyl (C=O) groups excluding carboxylic acids is 3. The highest BCUT2D eigenvalue weighted by atomic mass is 16.5. The molecule has 1 amide bonds. The van der Waals surface area contributed by atoms with Crippen LogP contribution in [-0.4, -0.2) is 55.3 Å². The van der Waals surface area contributed by atoms with Crippen molar-refractivity contribution in [3.8, 4) is 0 Å². The van der Waals surface area contributed by atoms with Gasteiger partial charge in [-0.15, -0.1) is 0 Å². The maximum absolute atomic E-state index is 12.0. The van der Waals surface area contributed by atoms with E-state index in [2.05, 4.69) is 10.1 Å². The van der Waals surface area contributed by atoms with Crippen LogP contribution in [0.1, 0.15) is 19.8 Å². The first-order valence-electron chi connectivity index (χ1n) is 5.54. The van der Waals surface area contributed by atoms with Crippen molar-refractivity contribution in [2.75, 3.05) is 20.7 Å². The molecular formula is C11H18N2O4. The van der Waals surface area contributed by atoms with Gasteiger partial charge in [-0.1, -0.05) is 0 Å². The van der Waals surface area contributed by atoms with Crippen LogP contribution >= 0.6 is 0 Å². The summed E-state index contributed by atoms with van der Waals surface area (Å²) in [6.07, 6.45) is 1.92. The molecule has 1 N–H and O–H groups in total. The van der Waals surface area contributed by atoms with E-state index < -0.39 is 23.5 Å².